The lowest BCUT2D eigenvalue weighted by molar-refractivity contribution is 0.0951. The van der Waals surface area contributed by atoms with E-state index in [0.29, 0.717) is 22.2 Å². The van der Waals surface area contributed by atoms with Gasteiger partial charge in [0, 0.05) is 19.6 Å². The summed E-state index contributed by atoms with van der Waals surface area (Å²) in [4.78, 5) is 12.2. The molecule has 0 spiro atoms. The van der Waals surface area contributed by atoms with Gasteiger partial charge in [0.15, 0.2) is 0 Å². The number of halogens is 2. The molecule has 1 heterocycles. The number of hydrogen-bond donors (Lipinski definition) is 2. The molecule has 0 unspecified atom stereocenters. The van der Waals surface area contributed by atoms with Crippen LogP contribution in [0.5, 0.6) is 0 Å². The summed E-state index contributed by atoms with van der Waals surface area (Å²) >= 11 is 12.1. The molecule has 0 radical (unpaired) electrons. The fraction of sp³-hybridized carbons (Fsp3) is 0.188. The molecular weight excluding hydrogens is 307 g/mol. The van der Waals surface area contributed by atoms with Gasteiger partial charge >= 0.3 is 0 Å². The van der Waals surface area contributed by atoms with Crippen molar-refractivity contribution in [2.24, 2.45) is 0 Å². The summed E-state index contributed by atoms with van der Waals surface area (Å²) in [5.74, 6) is -0.260. The average Bonchev–Trinajstić information content (AvgIpc) is 2.92. The molecule has 0 aliphatic carbocycles. The third-order valence-corrected chi connectivity index (χ3v) is 4.17. The van der Waals surface area contributed by atoms with Crippen LogP contribution in [0.4, 0.5) is 0 Å². The van der Waals surface area contributed by atoms with Crippen molar-refractivity contribution in [3.63, 3.8) is 0 Å². The largest absolute Gasteiger partial charge is 0.348 e. The summed E-state index contributed by atoms with van der Waals surface area (Å²) in [6, 6.07) is 11.3. The van der Waals surface area contributed by atoms with E-state index >= 15 is 0 Å². The summed E-state index contributed by atoms with van der Waals surface area (Å²) in [5.41, 5.74) is 3.99. The Bertz CT molecular complexity index is 680. The first-order valence-electron chi connectivity index (χ1n) is 6.69. The number of amides is 1. The number of benzene rings is 2. The smallest absolute Gasteiger partial charge is 0.254 e. The molecule has 0 saturated carbocycles. The van der Waals surface area contributed by atoms with E-state index in [1.807, 2.05) is 6.07 Å². The topological polar surface area (TPSA) is 41.1 Å². The Morgan fingerprint density at radius 1 is 1.10 bits per heavy atom. The van der Waals surface area contributed by atoms with Gasteiger partial charge in [-0.1, -0.05) is 47.5 Å². The fourth-order valence-corrected chi connectivity index (χ4v) is 3.01. The maximum absolute atomic E-state index is 12.2. The lowest BCUT2D eigenvalue weighted by atomic mass is 10.1. The van der Waals surface area contributed by atoms with Crippen molar-refractivity contribution in [2.45, 2.75) is 19.6 Å². The molecule has 0 bridgehead atoms. The van der Waals surface area contributed by atoms with E-state index in [-0.39, 0.29) is 5.91 Å². The fourth-order valence-electron chi connectivity index (χ4n) is 2.44. The van der Waals surface area contributed by atoms with Crippen LogP contribution in [0.15, 0.2) is 36.4 Å². The van der Waals surface area contributed by atoms with Crippen molar-refractivity contribution >= 4 is 29.1 Å². The van der Waals surface area contributed by atoms with E-state index in [9.17, 15) is 4.79 Å². The lowest BCUT2D eigenvalue weighted by Crippen LogP contribution is -2.23. The lowest BCUT2D eigenvalue weighted by Gasteiger charge is -2.09. The Morgan fingerprint density at radius 3 is 2.57 bits per heavy atom. The summed E-state index contributed by atoms with van der Waals surface area (Å²) in [6.45, 7) is 2.25. The maximum atomic E-state index is 12.2. The Labute approximate surface area is 133 Å². The molecule has 3 nitrogen and oxygen atoms in total. The Hall–Kier alpha value is -1.55. The molecule has 1 aliphatic heterocycles. The molecule has 1 amide bonds. The van der Waals surface area contributed by atoms with Gasteiger partial charge in [-0.3, -0.25) is 4.79 Å². The van der Waals surface area contributed by atoms with Gasteiger partial charge in [-0.15, -0.1) is 0 Å². The number of fused-ring (bicyclic) bond motifs is 1. The van der Waals surface area contributed by atoms with Gasteiger partial charge in [-0.05, 0) is 28.8 Å². The molecule has 2 aromatic rings. The molecule has 21 heavy (non-hydrogen) atoms. The highest BCUT2D eigenvalue weighted by Crippen LogP contribution is 2.24. The van der Waals surface area contributed by atoms with Crippen LogP contribution < -0.4 is 10.6 Å². The third-order valence-electron chi connectivity index (χ3n) is 3.54. The van der Waals surface area contributed by atoms with E-state index in [1.165, 1.54) is 11.1 Å². The van der Waals surface area contributed by atoms with Gasteiger partial charge in [-0.2, -0.15) is 0 Å². The number of rotatable bonds is 3. The van der Waals surface area contributed by atoms with Crippen molar-refractivity contribution in [3.05, 3.63) is 68.7 Å². The van der Waals surface area contributed by atoms with E-state index in [2.05, 4.69) is 22.8 Å². The van der Waals surface area contributed by atoms with Crippen molar-refractivity contribution in [2.75, 3.05) is 0 Å². The third kappa shape index (κ3) is 3.05. The molecule has 2 aromatic carbocycles. The molecule has 0 saturated heterocycles. The summed E-state index contributed by atoms with van der Waals surface area (Å²) in [5, 5.41) is 6.88. The van der Waals surface area contributed by atoms with Crippen LogP contribution in [0.3, 0.4) is 0 Å². The van der Waals surface area contributed by atoms with Crippen LogP contribution in [0.1, 0.15) is 27.0 Å². The molecule has 1 aliphatic rings. The molecule has 5 heteroatoms. The summed E-state index contributed by atoms with van der Waals surface area (Å²) in [6.07, 6.45) is 0. The molecule has 3 rings (SSSR count). The molecule has 0 fully saturated rings. The quantitative estimate of drug-likeness (QED) is 0.908. The second-order valence-electron chi connectivity index (χ2n) is 4.99. The first-order chi connectivity index (χ1) is 10.1. The first kappa shape index (κ1) is 14.4. The van der Waals surface area contributed by atoms with Crippen molar-refractivity contribution in [3.8, 4) is 0 Å². The predicted octanol–water partition coefficient (Wildman–Crippen LogP) is 3.53. The molecule has 2 N–H and O–H groups in total. The minimum absolute atomic E-state index is 0.260. The van der Waals surface area contributed by atoms with Gasteiger partial charge < -0.3 is 10.6 Å². The van der Waals surface area contributed by atoms with Gasteiger partial charge in [0.1, 0.15) is 0 Å². The molecular formula is C16H14Cl2N2O. The summed E-state index contributed by atoms with van der Waals surface area (Å²) in [7, 11) is 0. The van der Waals surface area contributed by atoms with Crippen molar-refractivity contribution in [1.82, 2.24) is 10.6 Å². The van der Waals surface area contributed by atoms with Gasteiger partial charge in [0.2, 0.25) is 0 Å². The Kier molecular flexibility index (Phi) is 4.15. The summed E-state index contributed by atoms with van der Waals surface area (Å²) < 4.78 is 0. The molecule has 0 atom stereocenters. The standard InChI is InChI=1S/C16H14Cl2N2O/c17-13-2-1-3-14(18)15(13)16(21)20-7-10-4-5-11-8-19-9-12(11)6-10/h1-6,19H,7-9H2,(H,20,21). The van der Waals surface area contributed by atoms with E-state index in [1.54, 1.807) is 18.2 Å². The second-order valence-corrected chi connectivity index (χ2v) is 5.80. The maximum Gasteiger partial charge on any atom is 0.254 e. The van der Waals surface area contributed by atoms with Crippen LogP contribution in [0.2, 0.25) is 10.0 Å². The van der Waals surface area contributed by atoms with Crippen LogP contribution >= 0.6 is 23.2 Å². The average molecular weight is 321 g/mol. The van der Waals surface area contributed by atoms with Gasteiger partial charge in [0.25, 0.3) is 5.91 Å². The Morgan fingerprint density at radius 2 is 1.81 bits per heavy atom. The van der Waals surface area contributed by atoms with E-state index in [4.69, 9.17) is 23.2 Å². The number of carbonyl (C=O) groups is 1. The van der Waals surface area contributed by atoms with Crippen LogP contribution in [-0.4, -0.2) is 5.91 Å². The second kappa shape index (κ2) is 6.06. The highest BCUT2D eigenvalue weighted by molar-refractivity contribution is 6.39. The van der Waals surface area contributed by atoms with Crippen LogP contribution in [0.25, 0.3) is 0 Å². The number of hydrogen-bond acceptors (Lipinski definition) is 2. The minimum Gasteiger partial charge on any atom is -0.348 e. The van der Waals surface area contributed by atoms with Crippen molar-refractivity contribution in [1.29, 1.82) is 0 Å². The molecule has 108 valence electrons. The zero-order chi connectivity index (χ0) is 14.8. The minimum atomic E-state index is -0.260. The van der Waals surface area contributed by atoms with E-state index < -0.39 is 0 Å². The monoisotopic (exact) mass is 320 g/mol. The predicted molar refractivity (Wildman–Crippen MR) is 84.6 cm³/mol. The van der Waals surface area contributed by atoms with Gasteiger partial charge in [0.05, 0.1) is 15.6 Å². The zero-order valence-corrected chi connectivity index (χ0v) is 12.8. The zero-order valence-electron chi connectivity index (χ0n) is 11.2. The SMILES string of the molecule is O=C(NCc1ccc2c(c1)CNC2)c1c(Cl)cccc1Cl. The molecule has 0 aromatic heterocycles. The van der Waals surface area contributed by atoms with Crippen LogP contribution in [0, 0.1) is 0 Å². The first-order valence-corrected chi connectivity index (χ1v) is 7.44. The van der Waals surface area contributed by atoms with Crippen LogP contribution in [-0.2, 0) is 19.6 Å². The van der Waals surface area contributed by atoms with Gasteiger partial charge in [-0.25, -0.2) is 0 Å². The number of nitrogens with one attached hydrogen (secondary N) is 2. The Balaban J connectivity index is 1.71. The normalized spacial score (nSPS) is 13.0. The highest BCUT2D eigenvalue weighted by atomic mass is 35.5. The van der Waals surface area contributed by atoms with Crippen molar-refractivity contribution < 1.29 is 4.79 Å². The highest BCUT2D eigenvalue weighted by Gasteiger charge is 2.15. The number of carbonyl (C=O) groups excluding carboxylic acids is 1. The van der Waals surface area contributed by atoms with E-state index in [0.717, 1.165) is 18.7 Å².